The van der Waals surface area contributed by atoms with E-state index in [1.807, 2.05) is 6.92 Å². The number of hydrogen-bond acceptors (Lipinski definition) is 3. The van der Waals surface area contributed by atoms with E-state index in [9.17, 15) is 0 Å². The third kappa shape index (κ3) is 2.32. The SMILES string of the molecule is CCN=C(NN)N[C@@H]1C[C@]1(C)OC. The zero-order chi connectivity index (χ0) is 9.90. The third-order valence-corrected chi connectivity index (χ3v) is 2.42. The van der Waals surface area contributed by atoms with Crippen molar-refractivity contribution < 1.29 is 4.74 Å². The molecule has 0 saturated heterocycles. The van der Waals surface area contributed by atoms with Gasteiger partial charge in [0.15, 0.2) is 0 Å². The van der Waals surface area contributed by atoms with Crippen molar-refractivity contribution in [3.8, 4) is 0 Å². The summed E-state index contributed by atoms with van der Waals surface area (Å²) < 4.78 is 5.30. The Labute approximate surface area is 78.7 Å². The topological polar surface area (TPSA) is 71.7 Å². The third-order valence-electron chi connectivity index (χ3n) is 2.42. The first-order valence-electron chi connectivity index (χ1n) is 4.49. The summed E-state index contributed by atoms with van der Waals surface area (Å²) in [5.41, 5.74) is 2.47. The molecule has 0 amide bonds. The summed E-state index contributed by atoms with van der Waals surface area (Å²) in [4.78, 5) is 4.14. The van der Waals surface area contributed by atoms with Crippen molar-refractivity contribution in [2.24, 2.45) is 10.8 Å². The van der Waals surface area contributed by atoms with Gasteiger partial charge in [0.05, 0.1) is 11.6 Å². The lowest BCUT2D eigenvalue weighted by atomic mass is 10.4. The van der Waals surface area contributed by atoms with Gasteiger partial charge < -0.3 is 10.1 Å². The smallest absolute Gasteiger partial charge is 0.206 e. The van der Waals surface area contributed by atoms with Gasteiger partial charge in [-0.15, -0.1) is 0 Å². The first-order chi connectivity index (χ1) is 6.16. The van der Waals surface area contributed by atoms with E-state index >= 15 is 0 Å². The number of ether oxygens (including phenoxy) is 1. The number of guanidine groups is 1. The Balaban J connectivity index is 2.38. The van der Waals surface area contributed by atoms with Crippen molar-refractivity contribution in [2.45, 2.75) is 31.9 Å². The molecular formula is C8H18N4O. The number of nitrogens with two attached hydrogens (primary N) is 1. The standard InChI is InChI=1S/C8H18N4O/c1-4-10-7(12-9)11-6-5-8(6,2)13-3/h6H,4-5,9H2,1-3H3,(H2,10,11,12)/t6-,8+/m1/s1. The molecule has 13 heavy (non-hydrogen) atoms. The van der Waals surface area contributed by atoms with Crippen LogP contribution in [0.3, 0.4) is 0 Å². The van der Waals surface area contributed by atoms with Crippen molar-refractivity contribution in [3.05, 3.63) is 0 Å². The quantitative estimate of drug-likeness (QED) is 0.242. The average molecular weight is 186 g/mol. The fraction of sp³-hybridized carbons (Fsp3) is 0.875. The minimum atomic E-state index is -0.0502. The molecule has 0 spiro atoms. The lowest BCUT2D eigenvalue weighted by Gasteiger charge is -2.12. The highest BCUT2D eigenvalue weighted by Crippen LogP contribution is 2.38. The molecule has 0 heterocycles. The van der Waals surface area contributed by atoms with E-state index in [1.54, 1.807) is 7.11 Å². The van der Waals surface area contributed by atoms with Crippen LogP contribution in [0, 0.1) is 0 Å². The number of hydrogen-bond donors (Lipinski definition) is 3. The summed E-state index contributed by atoms with van der Waals surface area (Å²) in [6.45, 7) is 4.73. The number of nitrogens with one attached hydrogen (secondary N) is 2. The van der Waals surface area contributed by atoms with Gasteiger partial charge in [0.2, 0.25) is 5.96 Å². The summed E-state index contributed by atoms with van der Waals surface area (Å²) in [5.74, 6) is 5.91. The van der Waals surface area contributed by atoms with E-state index in [1.165, 1.54) is 0 Å². The second-order valence-corrected chi connectivity index (χ2v) is 3.39. The van der Waals surface area contributed by atoms with E-state index in [2.05, 4.69) is 22.7 Å². The summed E-state index contributed by atoms with van der Waals surface area (Å²) in [7, 11) is 1.72. The number of hydrazine groups is 1. The van der Waals surface area contributed by atoms with Crippen molar-refractivity contribution in [2.75, 3.05) is 13.7 Å². The fourth-order valence-electron chi connectivity index (χ4n) is 1.23. The molecule has 0 aromatic carbocycles. The van der Waals surface area contributed by atoms with Crippen LogP contribution in [0.15, 0.2) is 4.99 Å². The van der Waals surface area contributed by atoms with Gasteiger partial charge in [-0.2, -0.15) is 0 Å². The normalized spacial score (nSPS) is 32.9. The maximum Gasteiger partial charge on any atom is 0.206 e. The van der Waals surface area contributed by atoms with E-state index < -0.39 is 0 Å². The molecule has 1 fully saturated rings. The highest BCUT2D eigenvalue weighted by atomic mass is 16.5. The van der Waals surface area contributed by atoms with Gasteiger partial charge in [-0.25, -0.2) is 5.84 Å². The predicted molar refractivity (Wildman–Crippen MR) is 52.3 cm³/mol. The molecule has 1 rings (SSSR count). The Morgan fingerprint density at radius 3 is 2.85 bits per heavy atom. The Morgan fingerprint density at radius 2 is 2.46 bits per heavy atom. The predicted octanol–water partition coefficient (Wildman–Crippen LogP) is -0.407. The number of aliphatic imine (C=N–C) groups is 1. The second-order valence-electron chi connectivity index (χ2n) is 3.39. The van der Waals surface area contributed by atoms with Crippen LogP contribution in [-0.2, 0) is 4.74 Å². The molecule has 5 nitrogen and oxygen atoms in total. The number of methoxy groups -OCH3 is 1. The highest BCUT2D eigenvalue weighted by molar-refractivity contribution is 5.80. The van der Waals surface area contributed by atoms with Crippen LogP contribution in [-0.4, -0.2) is 31.3 Å². The lowest BCUT2D eigenvalue weighted by Crippen LogP contribution is -2.44. The van der Waals surface area contributed by atoms with Crippen molar-refractivity contribution in [3.63, 3.8) is 0 Å². The molecule has 0 aliphatic heterocycles. The summed E-state index contributed by atoms with van der Waals surface area (Å²) in [6.07, 6.45) is 0.994. The van der Waals surface area contributed by atoms with Gasteiger partial charge in [0.1, 0.15) is 0 Å². The molecule has 0 radical (unpaired) electrons. The maximum absolute atomic E-state index is 5.30. The van der Waals surface area contributed by atoms with Gasteiger partial charge in [0, 0.05) is 20.1 Å². The van der Waals surface area contributed by atoms with Crippen LogP contribution in [0.1, 0.15) is 20.3 Å². The summed E-state index contributed by atoms with van der Waals surface area (Å²) in [5, 5.41) is 3.17. The first-order valence-corrected chi connectivity index (χ1v) is 4.49. The van der Waals surface area contributed by atoms with Crippen LogP contribution in [0.5, 0.6) is 0 Å². The highest BCUT2D eigenvalue weighted by Gasteiger charge is 2.51. The van der Waals surface area contributed by atoms with Crippen LogP contribution in [0.2, 0.25) is 0 Å². The van der Waals surface area contributed by atoms with Crippen LogP contribution in [0.25, 0.3) is 0 Å². The van der Waals surface area contributed by atoms with Crippen molar-refractivity contribution in [1.29, 1.82) is 0 Å². The fourth-order valence-corrected chi connectivity index (χ4v) is 1.23. The van der Waals surface area contributed by atoms with Crippen LogP contribution in [0.4, 0.5) is 0 Å². The molecule has 2 atom stereocenters. The molecule has 1 aliphatic carbocycles. The second kappa shape index (κ2) is 3.93. The van der Waals surface area contributed by atoms with E-state index in [4.69, 9.17) is 10.6 Å². The monoisotopic (exact) mass is 186 g/mol. The maximum atomic E-state index is 5.30. The van der Waals surface area contributed by atoms with E-state index in [-0.39, 0.29) is 5.60 Å². The van der Waals surface area contributed by atoms with Gasteiger partial charge in [-0.1, -0.05) is 0 Å². The Kier molecular flexibility index (Phi) is 3.11. The Morgan fingerprint density at radius 1 is 1.77 bits per heavy atom. The van der Waals surface area contributed by atoms with Crippen molar-refractivity contribution >= 4 is 5.96 Å². The van der Waals surface area contributed by atoms with Crippen LogP contribution >= 0.6 is 0 Å². The molecule has 1 saturated carbocycles. The molecule has 0 aromatic heterocycles. The molecular weight excluding hydrogens is 168 g/mol. The largest absolute Gasteiger partial charge is 0.376 e. The number of rotatable bonds is 3. The average Bonchev–Trinajstić information content (AvgIpc) is 2.77. The van der Waals surface area contributed by atoms with Gasteiger partial charge in [-0.05, 0) is 13.8 Å². The molecule has 5 heteroatoms. The zero-order valence-electron chi connectivity index (χ0n) is 8.42. The van der Waals surface area contributed by atoms with Gasteiger partial charge >= 0.3 is 0 Å². The molecule has 1 aliphatic rings. The Hall–Kier alpha value is -0.810. The molecule has 76 valence electrons. The minimum Gasteiger partial charge on any atom is -0.376 e. The van der Waals surface area contributed by atoms with Crippen molar-refractivity contribution in [1.82, 2.24) is 10.7 Å². The molecule has 0 aromatic rings. The van der Waals surface area contributed by atoms with Gasteiger partial charge in [0.25, 0.3) is 0 Å². The number of nitrogens with zero attached hydrogens (tertiary/aromatic N) is 1. The summed E-state index contributed by atoms with van der Waals surface area (Å²) in [6, 6.07) is 0.318. The molecule has 0 bridgehead atoms. The van der Waals surface area contributed by atoms with E-state index in [0.717, 1.165) is 6.42 Å². The summed E-state index contributed by atoms with van der Waals surface area (Å²) >= 11 is 0. The minimum absolute atomic E-state index is 0.0502. The van der Waals surface area contributed by atoms with E-state index in [0.29, 0.717) is 18.5 Å². The zero-order valence-corrected chi connectivity index (χ0v) is 8.42. The Bertz CT molecular complexity index is 206. The first kappa shape index (κ1) is 10.3. The lowest BCUT2D eigenvalue weighted by molar-refractivity contribution is 0.0895. The van der Waals surface area contributed by atoms with Crippen LogP contribution < -0.4 is 16.6 Å². The molecule has 0 unspecified atom stereocenters. The molecule has 4 N–H and O–H groups in total. The van der Waals surface area contributed by atoms with Gasteiger partial charge in [-0.3, -0.25) is 10.4 Å².